The monoisotopic (exact) mass is 267 g/mol. The number of hydrogen-bond acceptors (Lipinski definition) is 3. The van der Waals surface area contributed by atoms with Crippen molar-refractivity contribution < 1.29 is 9.59 Å². The summed E-state index contributed by atoms with van der Waals surface area (Å²) in [5.41, 5.74) is -0.370. The van der Waals surface area contributed by atoms with Gasteiger partial charge >= 0.3 is 0 Å². The van der Waals surface area contributed by atoms with Crippen LogP contribution in [0, 0.1) is 5.92 Å². The van der Waals surface area contributed by atoms with Crippen molar-refractivity contribution in [2.45, 2.75) is 44.6 Å². The lowest BCUT2D eigenvalue weighted by molar-refractivity contribution is -0.141. The van der Waals surface area contributed by atoms with E-state index in [1.165, 1.54) is 0 Å². The Bertz CT molecular complexity index is 351. The molecule has 0 spiro atoms. The minimum Gasteiger partial charge on any atom is -0.359 e. The Labute approximate surface area is 115 Å². The molecule has 2 rings (SSSR count). The number of carbonyl (C=O) groups excluding carboxylic acids is 2. The quantitative estimate of drug-likeness (QED) is 0.783. The predicted octanol–water partition coefficient (Wildman–Crippen LogP) is 0.503. The van der Waals surface area contributed by atoms with E-state index < -0.39 is 0 Å². The smallest absolute Gasteiger partial charge is 0.242 e. The molecule has 0 bridgehead atoms. The van der Waals surface area contributed by atoms with E-state index >= 15 is 0 Å². The zero-order valence-corrected chi connectivity index (χ0v) is 12.0. The first-order valence-electron chi connectivity index (χ1n) is 7.39. The number of piperidine rings is 1. The van der Waals surface area contributed by atoms with Crippen LogP contribution >= 0.6 is 0 Å². The zero-order valence-electron chi connectivity index (χ0n) is 12.0. The highest BCUT2D eigenvalue weighted by atomic mass is 16.2. The number of likely N-dealkylation sites (tertiary alicyclic amines) is 1. The third-order valence-electron chi connectivity index (χ3n) is 4.58. The van der Waals surface area contributed by atoms with Crippen LogP contribution in [-0.4, -0.2) is 48.9 Å². The molecule has 5 nitrogen and oxygen atoms in total. The first kappa shape index (κ1) is 14.3. The molecule has 108 valence electrons. The molecule has 2 heterocycles. The van der Waals surface area contributed by atoms with Crippen LogP contribution in [0.4, 0.5) is 0 Å². The van der Waals surface area contributed by atoms with Crippen LogP contribution in [0.2, 0.25) is 0 Å². The molecule has 5 heteroatoms. The van der Waals surface area contributed by atoms with Crippen LogP contribution in [0.15, 0.2) is 0 Å². The SMILES string of the molecule is CCC1(C(=O)N2CCCC(C(=O)NC)C2)CCCN1. The lowest BCUT2D eigenvalue weighted by atomic mass is 9.89. The van der Waals surface area contributed by atoms with E-state index in [0.717, 1.165) is 45.2 Å². The standard InChI is InChI=1S/C14H25N3O2/c1-3-14(7-5-8-16-14)13(19)17-9-4-6-11(10-17)12(18)15-2/h11,16H,3-10H2,1-2H3,(H,15,18). The Balaban J connectivity index is 2.04. The maximum absolute atomic E-state index is 12.7. The van der Waals surface area contributed by atoms with Crippen molar-refractivity contribution in [3.8, 4) is 0 Å². The van der Waals surface area contributed by atoms with Gasteiger partial charge in [0.2, 0.25) is 11.8 Å². The number of nitrogens with one attached hydrogen (secondary N) is 2. The van der Waals surface area contributed by atoms with Gasteiger partial charge in [0.25, 0.3) is 0 Å². The van der Waals surface area contributed by atoms with E-state index in [1.807, 2.05) is 4.90 Å². The average molecular weight is 267 g/mol. The van der Waals surface area contributed by atoms with E-state index in [0.29, 0.717) is 6.54 Å². The van der Waals surface area contributed by atoms with Gasteiger partial charge in [0.1, 0.15) is 0 Å². The third kappa shape index (κ3) is 2.76. The fourth-order valence-electron chi connectivity index (χ4n) is 3.32. The second-order valence-corrected chi connectivity index (χ2v) is 5.67. The molecule has 0 aliphatic carbocycles. The summed E-state index contributed by atoms with van der Waals surface area (Å²) in [6.45, 7) is 4.35. The Morgan fingerprint density at radius 3 is 2.79 bits per heavy atom. The van der Waals surface area contributed by atoms with Gasteiger partial charge in [-0.05, 0) is 38.6 Å². The van der Waals surface area contributed by atoms with E-state index in [2.05, 4.69) is 17.6 Å². The third-order valence-corrected chi connectivity index (χ3v) is 4.58. The highest BCUT2D eigenvalue weighted by Gasteiger charge is 2.43. The maximum Gasteiger partial charge on any atom is 0.242 e. The van der Waals surface area contributed by atoms with E-state index in [4.69, 9.17) is 0 Å². The average Bonchev–Trinajstić information content (AvgIpc) is 2.96. The zero-order chi connectivity index (χ0) is 13.9. The minimum absolute atomic E-state index is 0.0435. The topological polar surface area (TPSA) is 61.4 Å². The summed E-state index contributed by atoms with van der Waals surface area (Å²) in [6, 6.07) is 0. The van der Waals surface area contributed by atoms with E-state index in [9.17, 15) is 9.59 Å². The van der Waals surface area contributed by atoms with Gasteiger partial charge in [0.05, 0.1) is 11.5 Å². The van der Waals surface area contributed by atoms with Crippen molar-refractivity contribution in [3.63, 3.8) is 0 Å². The molecule has 2 amide bonds. The number of amides is 2. The van der Waals surface area contributed by atoms with Crippen LogP contribution in [0.3, 0.4) is 0 Å². The van der Waals surface area contributed by atoms with Gasteiger partial charge in [-0.15, -0.1) is 0 Å². The second kappa shape index (κ2) is 5.90. The van der Waals surface area contributed by atoms with Crippen LogP contribution in [0.25, 0.3) is 0 Å². The van der Waals surface area contributed by atoms with Gasteiger partial charge in [0.15, 0.2) is 0 Å². The van der Waals surface area contributed by atoms with Gasteiger partial charge in [-0.25, -0.2) is 0 Å². The molecule has 2 saturated heterocycles. The summed E-state index contributed by atoms with van der Waals surface area (Å²) in [5, 5.41) is 6.08. The first-order chi connectivity index (χ1) is 9.13. The summed E-state index contributed by atoms with van der Waals surface area (Å²) in [4.78, 5) is 26.4. The fraction of sp³-hybridized carbons (Fsp3) is 0.857. The van der Waals surface area contributed by atoms with Crippen molar-refractivity contribution in [2.24, 2.45) is 5.92 Å². The molecule has 0 saturated carbocycles. The van der Waals surface area contributed by atoms with Gasteiger partial charge in [0, 0.05) is 20.1 Å². The number of nitrogens with zero attached hydrogens (tertiary/aromatic N) is 1. The van der Waals surface area contributed by atoms with Crippen LogP contribution in [0.1, 0.15) is 39.0 Å². The summed E-state index contributed by atoms with van der Waals surface area (Å²) >= 11 is 0. The highest BCUT2D eigenvalue weighted by Crippen LogP contribution is 2.28. The Morgan fingerprint density at radius 1 is 1.42 bits per heavy atom. The number of rotatable bonds is 3. The van der Waals surface area contributed by atoms with E-state index in [-0.39, 0.29) is 23.3 Å². The molecule has 2 unspecified atom stereocenters. The molecule has 0 aromatic heterocycles. The molecule has 0 aromatic rings. The van der Waals surface area contributed by atoms with Crippen LogP contribution < -0.4 is 10.6 Å². The Morgan fingerprint density at radius 2 is 2.21 bits per heavy atom. The summed E-state index contributed by atoms with van der Waals surface area (Å²) in [7, 11) is 1.66. The lowest BCUT2D eigenvalue weighted by Gasteiger charge is -2.38. The Kier molecular flexibility index (Phi) is 4.45. The highest BCUT2D eigenvalue weighted by molar-refractivity contribution is 5.88. The van der Waals surface area contributed by atoms with Crippen molar-refractivity contribution in [2.75, 3.05) is 26.7 Å². The first-order valence-corrected chi connectivity index (χ1v) is 7.39. The second-order valence-electron chi connectivity index (χ2n) is 5.67. The van der Waals surface area contributed by atoms with Crippen LogP contribution in [0.5, 0.6) is 0 Å². The molecule has 2 N–H and O–H groups in total. The molecular weight excluding hydrogens is 242 g/mol. The molecule has 2 fully saturated rings. The normalized spacial score (nSPS) is 31.3. The summed E-state index contributed by atoms with van der Waals surface area (Å²) in [5.74, 6) is 0.210. The molecule has 19 heavy (non-hydrogen) atoms. The minimum atomic E-state index is -0.370. The number of hydrogen-bond donors (Lipinski definition) is 2. The van der Waals surface area contributed by atoms with Crippen molar-refractivity contribution >= 4 is 11.8 Å². The van der Waals surface area contributed by atoms with Gasteiger partial charge in [-0.1, -0.05) is 6.92 Å². The molecule has 2 atom stereocenters. The van der Waals surface area contributed by atoms with Gasteiger partial charge in [-0.3, -0.25) is 9.59 Å². The van der Waals surface area contributed by atoms with Crippen LogP contribution in [-0.2, 0) is 9.59 Å². The summed E-state index contributed by atoms with van der Waals surface area (Å²) in [6.07, 6.45) is 4.61. The van der Waals surface area contributed by atoms with E-state index in [1.54, 1.807) is 7.05 Å². The van der Waals surface area contributed by atoms with Gasteiger partial charge in [-0.2, -0.15) is 0 Å². The molecule has 0 aromatic carbocycles. The largest absolute Gasteiger partial charge is 0.359 e. The van der Waals surface area contributed by atoms with Gasteiger partial charge < -0.3 is 15.5 Å². The molecular formula is C14H25N3O2. The Hall–Kier alpha value is -1.10. The molecule has 2 aliphatic heterocycles. The van der Waals surface area contributed by atoms with Crippen molar-refractivity contribution in [1.29, 1.82) is 0 Å². The van der Waals surface area contributed by atoms with Crippen molar-refractivity contribution in [1.82, 2.24) is 15.5 Å². The summed E-state index contributed by atoms with van der Waals surface area (Å²) < 4.78 is 0. The molecule has 0 radical (unpaired) electrons. The number of carbonyl (C=O) groups is 2. The maximum atomic E-state index is 12.7. The van der Waals surface area contributed by atoms with Crippen molar-refractivity contribution in [3.05, 3.63) is 0 Å². The lowest BCUT2D eigenvalue weighted by Crippen LogP contribution is -2.57. The fourth-order valence-corrected chi connectivity index (χ4v) is 3.32. The molecule has 2 aliphatic rings. The predicted molar refractivity (Wildman–Crippen MR) is 73.6 cm³/mol.